The third kappa shape index (κ3) is 5.44. The summed E-state index contributed by atoms with van der Waals surface area (Å²) in [5.74, 6) is -0.726. The smallest absolute Gasteiger partial charge is 0.409 e. The Morgan fingerprint density at radius 3 is 2.40 bits per heavy atom. The monoisotopic (exact) mass is 589 g/mol. The van der Waals surface area contributed by atoms with Crippen molar-refractivity contribution < 1.29 is 27.5 Å². The van der Waals surface area contributed by atoms with Gasteiger partial charge in [0.2, 0.25) is 11.8 Å². The van der Waals surface area contributed by atoms with Crippen molar-refractivity contribution in [3.05, 3.63) is 24.3 Å². The first-order valence-corrected chi connectivity index (χ1v) is 16.0. The van der Waals surface area contributed by atoms with Gasteiger partial charge in [0.25, 0.3) is 0 Å². The zero-order valence-electron chi connectivity index (χ0n) is 22.6. The standard InChI is InChI=1S/C27H36N5O6PS/c1-2-38-26(35)30-12-7-18(8-13-30)31-14-9-20(31)25(34)32-16-19(40(36,37)23-6-4-3-5-22(23)39)15-21(32)24(33)29-27(17-28)10-11-27/h3-6,18-21H,2,7-16,39H2,1H3,(H,29,33)/t19-,20?,21+/m1/s1. The summed E-state index contributed by atoms with van der Waals surface area (Å²) in [6, 6.07) is 7.48. The number of piperidine rings is 1. The topological polar surface area (TPSA) is 140 Å². The summed E-state index contributed by atoms with van der Waals surface area (Å²) in [5.41, 5.74) is -0.926. The van der Waals surface area contributed by atoms with Gasteiger partial charge in [-0.25, -0.2) is 13.2 Å². The number of nitriles is 1. The van der Waals surface area contributed by atoms with Crippen LogP contribution in [0.2, 0.25) is 0 Å². The number of sulfone groups is 1. The predicted octanol–water partition coefficient (Wildman–Crippen LogP) is 0.798. The maximum atomic E-state index is 13.9. The molecule has 0 spiro atoms. The number of hydrogen-bond acceptors (Lipinski definition) is 8. The molecule has 0 bridgehead atoms. The molecule has 3 heterocycles. The first-order chi connectivity index (χ1) is 19.1. The van der Waals surface area contributed by atoms with Crippen LogP contribution in [-0.4, -0.2) is 103 Å². The molecule has 40 heavy (non-hydrogen) atoms. The highest BCUT2D eigenvalue weighted by atomic mass is 32.2. The first-order valence-electron chi connectivity index (χ1n) is 13.9. The molecule has 1 saturated carbocycles. The number of benzene rings is 1. The minimum atomic E-state index is -3.83. The van der Waals surface area contributed by atoms with Gasteiger partial charge in [0.05, 0.1) is 28.9 Å². The zero-order valence-corrected chi connectivity index (χ0v) is 24.6. The zero-order chi connectivity index (χ0) is 28.7. The van der Waals surface area contributed by atoms with Crippen LogP contribution >= 0.6 is 9.24 Å². The van der Waals surface area contributed by atoms with Crippen molar-refractivity contribution in [1.82, 2.24) is 20.0 Å². The second-order valence-electron chi connectivity index (χ2n) is 11.1. The summed E-state index contributed by atoms with van der Waals surface area (Å²) in [4.78, 5) is 44.8. The van der Waals surface area contributed by atoms with Crippen molar-refractivity contribution >= 4 is 42.3 Å². The fraction of sp³-hybridized carbons (Fsp3) is 0.630. The van der Waals surface area contributed by atoms with E-state index >= 15 is 0 Å². The number of ether oxygens (including phenoxy) is 1. The van der Waals surface area contributed by atoms with Crippen molar-refractivity contribution in [1.29, 1.82) is 5.26 Å². The van der Waals surface area contributed by atoms with Gasteiger partial charge in [-0.15, -0.1) is 9.24 Å². The molecule has 11 nitrogen and oxygen atoms in total. The molecule has 0 radical (unpaired) electrons. The van der Waals surface area contributed by atoms with E-state index in [0.29, 0.717) is 57.1 Å². The minimum Gasteiger partial charge on any atom is -0.450 e. The highest BCUT2D eigenvalue weighted by Gasteiger charge is 2.52. The summed E-state index contributed by atoms with van der Waals surface area (Å²) >= 11 is 0. The molecule has 4 fully saturated rings. The molecule has 1 aromatic carbocycles. The fourth-order valence-electron chi connectivity index (χ4n) is 6.04. The fourth-order valence-corrected chi connectivity index (χ4v) is 8.55. The van der Waals surface area contributed by atoms with E-state index in [9.17, 15) is 28.1 Å². The molecule has 4 atom stereocenters. The van der Waals surface area contributed by atoms with Gasteiger partial charge in [-0.2, -0.15) is 5.26 Å². The number of hydrogen-bond donors (Lipinski definition) is 1. The van der Waals surface area contributed by atoms with E-state index in [4.69, 9.17) is 4.74 Å². The van der Waals surface area contributed by atoms with Crippen LogP contribution in [0, 0.1) is 11.3 Å². The van der Waals surface area contributed by atoms with Gasteiger partial charge in [0.1, 0.15) is 11.6 Å². The second kappa shape index (κ2) is 11.3. The molecule has 1 aliphatic carbocycles. The van der Waals surface area contributed by atoms with Crippen LogP contribution in [0.25, 0.3) is 0 Å². The van der Waals surface area contributed by atoms with Crippen molar-refractivity contribution in [3.63, 3.8) is 0 Å². The third-order valence-electron chi connectivity index (χ3n) is 8.64. The van der Waals surface area contributed by atoms with Crippen LogP contribution in [0.3, 0.4) is 0 Å². The van der Waals surface area contributed by atoms with Crippen molar-refractivity contribution in [3.8, 4) is 6.07 Å². The van der Waals surface area contributed by atoms with Gasteiger partial charge in [-0.05, 0) is 56.8 Å². The van der Waals surface area contributed by atoms with E-state index in [0.717, 1.165) is 6.54 Å². The lowest BCUT2D eigenvalue weighted by molar-refractivity contribution is -0.148. The molecule has 3 amide bonds. The van der Waals surface area contributed by atoms with Crippen molar-refractivity contribution in [2.24, 2.45) is 0 Å². The molecule has 1 aromatic rings. The Bertz CT molecular complexity index is 1320. The number of rotatable bonds is 7. The number of likely N-dealkylation sites (tertiary alicyclic amines) is 3. The summed E-state index contributed by atoms with van der Waals surface area (Å²) < 4.78 is 32.4. The van der Waals surface area contributed by atoms with Gasteiger partial charge in [0, 0.05) is 32.2 Å². The lowest BCUT2D eigenvalue weighted by Crippen LogP contribution is -2.63. The molecule has 13 heteroatoms. The van der Waals surface area contributed by atoms with Gasteiger partial charge < -0.3 is 19.9 Å². The molecule has 216 valence electrons. The Morgan fingerprint density at radius 2 is 1.82 bits per heavy atom. The Hall–Kier alpha value is -2.74. The average molecular weight is 590 g/mol. The van der Waals surface area contributed by atoms with Gasteiger partial charge in [0.15, 0.2) is 9.84 Å². The maximum Gasteiger partial charge on any atom is 0.409 e. The molecule has 1 N–H and O–H groups in total. The number of carbonyl (C=O) groups excluding carboxylic acids is 3. The Kier molecular flexibility index (Phi) is 8.10. The molecular weight excluding hydrogens is 553 g/mol. The minimum absolute atomic E-state index is 0.0228. The normalized spacial score (nSPS) is 26.5. The first kappa shape index (κ1) is 28.8. The number of amides is 3. The van der Waals surface area contributed by atoms with Crippen LogP contribution in [0.15, 0.2) is 29.2 Å². The van der Waals surface area contributed by atoms with Gasteiger partial charge in [-0.1, -0.05) is 18.2 Å². The molecule has 3 saturated heterocycles. The maximum absolute atomic E-state index is 13.9. The Labute approximate surface area is 237 Å². The number of nitrogens with zero attached hydrogens (tertiary/aromatic N) is 4. The number of carbonyl (C=O) groups is 3. The third-order valence-corrected chi connectivity index (χ3v) is 11.6. The Balaban J connectivity index is 1.32. The molecule has 3 aliphatic heterocycles. The largest absolute Gasteiger partial charge is 0.450 e. The summed E-state index contributed by atoms with van der Waals surface area (Å²) in [5, 5.41) is 11.9. The lowest BCUT2D eigenvalue weighted by atomic mass is 9.93. The van der Waals surface area contributed by atoms with Crippen LogP contribution in [0.4, 0.5) is 4.79 Å². The van der Waals surface area contributed by atoms with Crippen LogP contribution in [-0.2, 0) is 24.2 Å². The van der Waals surface area contributed by atoms with Crippen molar-refractivity contribution in [2.45, 2.75) is 79.3 Å². The molecule has 0 aromatic heterocycles. The van der Waals surface area contributed by atoms with Crippen LogP contribution in [0.5, 0.6) is 0 Å². The molecule has 4 aliphatic rings. The van der Waals surface area contributed by atoms with Crippen LogP contribution in [0.1, 0.15) is 45.4 Å². The van der Waals surface area contributed by atoms with E-state index in [1.165, 1.54) is 4.90 Å². The highest BCUT2D eigenvalue weighted by Crippen LogP contribution is 2.37. The summed E-state index contributed by atoms with van der Waals surface area (Å²) in [6.45, 7) is 3.82. The van der Waals surface area contributed by atoms with E-state index in [2.05, 4.69) is 25.5 Å². The quantitative estimate of drug-likeness (QED) is 0.461. The summed E-state index contributed by atoms with van der Waals surface area (Å²) in [7, 11) is -1.38. The highest BCUT2D eigenvalue weighted by molar-refractivity contribution is 7.92. The molecule has 2 unspecified atom stereocenters. The second-order valence-corrected chi connectivity index (χ2v) is 13.9. The molecular formula is C27H36N5O6PS. The van der Waals surface area contributed by atoms with E-state index in [1.807, 2.05) is 0 Å². The van der Waals surface area contributed by atoms with Crippen LogP contribution < -0.4 is 10.6 Å². The number of nitrogens with one attached hydrogen (secondary N) is 1. The average Bonchev–Trinajstić information content (AvgIpc) is 3.53. The van der Waals surface area contributed by atoms with Crippen molar-refractivity contribution in [2.75, 3.05) is 32.8 Å². The molecule has 5 rings (SSSR count). The van der Waals surface area contributed by atoms with E-state index < -0.39 is 38.6 Å². The Morgan fingerprint density at radius 1 is 1.12 bits per heavy atom. The predicted molar refractivity (Wildman–Crippen MR) is 149 cm³/mol. The van der Waals surface area contributed by atoms with E-state index in [1.54, 1.807) is 36.1 Å². The van der Waals surface area contributed by atoms with E-state index in [-0.39, 0.29) is 35.9 Å². The lowest BCUT2D eigenvalue weighted by Gasteiger charge is -2.48. The SMILES string of the molecule is CCOC(=O)N1CCC(N2CCC2C(=O)N2C[C@H](S(=O)(=O)c3ccccc3P)C[C@H]2C(=O)NC2(C#N)CC2)CC1. The van der Waals surface area contributed by atoms with Gasteiger partial charge >= 0.3 is 6.09 Å². The van der Waals surface area contributed by atoms with Gasteiger partial charge in [-0.3, -0.25) is 14.5 Å². The summed E-state index contributed by atoms with van der Waals surface area (Å²) in [6.07, 6.45) is 2.77.